The van der Waals surface area contributed by atoms with Crippen molar-refractivity contribution in [2.24, 2.45) is 5.92 Å². The molecule has 0 bridgehead atoms. The van der Waals surface area contributed by atoms with E-state index in [1.165, 1.54) is 11.3 Å². The van der Waals surface area contributed by atoms with Crippen molar-refractivity contribution in [3.63, 3.8) is 0 Å². The quantitative estimate of drug-likeness (QED) is 0.786. The van der Waals surface area contributed by atoms with Gasteiger partial charge in [0.2, 0.25) is 10.0 Å². The van der Waals surface area contributed by atoms with Crippen molar-refractivity contribution < 1.29 is 8.42 Å². The van der Waals surface area contributed by atoms with Crippen molar-refractivity contribution in [2.45, 2.75) is 43.9 Å². The number of sulfonamides is 1. The van der Waals surface area contributed by atoms with Gasteiger partial charge >= 0.3 is 0 Å². The fraction of sp³-hybridized carbons (Fsp3) is 0.667. The Morgan fingerprint density at radius 3 is 2.50 bits per heavy atom. The Morgan fingerprint density at radius 2 is 2.06 bits per heavy atom. The van der Waals surface area contributed by atoms with Crippen molar-refractivity contribution >= 4 is 33.0 Å². The van der Waals surface area contributed by atoms with Crippen LogP contribution in [0.1, 0.15) is 32.1 Å². The van der Waals surface area contributed by atoms with Crippen LogP contribution < -0.4 is 4.72 Å². The summed E-state index contributed by atoms with van der Waals surface area (Å²) in [6.45, 7) is 6.11. The first kappa shape index (κ1) is 16.0. The molecule has 6 heteroatoms. The topological polar surface area (TPSA) is 46.2 Å². The lowest BCUT2D eigenvalue weighted by molar-refractivity contribution is 0.486. The average molecular weight is 310 g/mol. The van der Waals surface area contributed by atoms with Crippen LogP contribution in [0.3, 0.4) is 0 Å². The van der Waals surface area contributed by atoms with E-state index >= 15 is 0 Å². The van der Waals surface area contributed by atoms with E-state index in [1.807, 2.05) is 26.8 Å². The third-order valence-corrected chi connectivity index (χ3v) is 6.13. The largest absolute Gasteiger partial charge is 0.250 e. The van der Waals surface area contributed by atoms with Crippen LogP contribution >= 0.6 is 22.9 Å². The molecule has 0 saturated carbocycles. The van der Waals surface area contributed by atoms with Crippen molar-refractivity contribution in [3.8, 4) is 0 Å². The first-order valence-corrected chi connectivity index (χ1v) is 8.89. The molecule has 0 radical (unpaired) electrons. The highest BCUT2D eigenvalue weighted by Gasteiger charge is 2.21. The standard InChI is InChI=1S/C12H20ClNO2S2/c1-4-11-5-6-12(17-11)18(15,16)14-10(8-13)7-9(2)3/h5-6,9-10,14H,4,7-8H2,1-3H3. The van der Waals surface area contributed by atoms with Crippen LogP contribution in [0.15, 0.2) is 16.3 Å². The molecule has 0 spiro atoms. The summed E-state index contributed by atoms with van der Waals surface area (Å²) in [5, 5.41) is 0. The highest BCUT2D eigenvalue weighted by molar-refractivity contribution is 7.91. The highest BCUT2D eigenvalue weighted by atomic mass is 35.5. The number of aryl methyl sites for hydroxylation is 1. The predicted molar refractivity (Wildman–Crippen MR) is 78.0 cm³/mol. The van der Waals surface area contributed by atoms with Crippen molar-refractivity contribution in [3.05, 3.63) is 17.0 Å². The van der Waals surface area contributed by atoms with Gasteiger partial charge in [-0.1, -0.05) is 20.8 Å². The number of rotatable bonds is 7. The van der Waals surface area contributed by atoms with Crippen LogP contribution in [-0.2, 0) is 16.4 Å². The lowest BCUT2D eigenvalue weighted by Crippen LogP contribution is -2.36. The summed E-state index contributed by atoms with van der Waals surface area (Å²) < 4.78 is 27.4. The van der Waals surface area contributed by atoms with Gasteiger partial charge in [-0.25, -0.2) is 13.1 Å². The maximum Gasteiger partial charge on any atom is 0.250 e. The van der Waals surface area contributed by atoms with Gasteiger partial charge in [0.1, 0.15) is 4.21 Å². The number of hydrogen-bond acceptors (Lipinski definition) is 3. The summed E-state index contributed by atoms with van der Waals surface area (Å²) in [6.07, 6.45) is 1.60. The van der Waals surface area contributed by atoms with E-state index in [1.54, 1.807) is 6.07 Å². The zero-order chi connectivity index (χ0) is 13.8. The van der Waals surface area contributed by atoms with Gasteiger partial charge in [-0.15, -0.1) is 22.9 Å². The minimum atomic E-state index is -3.42. The Labute approximate surface area is 119 Å². The lowest BCUT2D eigenvalue weighted by Gasteiger charge is -2.17. The van der Waals surface area contributed by atoms with Gasteiger partial charge < -0.3 is 0 Å². The molecule has 18 heavy (non-hydrogen) atoms. The lowest BCUT2D eigenvalue weighted by atomic mass is 10.1. The zero-order valence-electron chi connectivity index (χ0n) is 10.9. The van der Waals surface area contributed by atoms with E-state index < -0.39 is 10.0 Å². The molecule has 1 unspecified atom stereocenters. The van der Waals surface area contributed by atoms with Gasteiger partial charge in [-0.05, 0) is 30.9 Å². The maximum absolute atomic E-state index is 12.2. The van der Waals surface area contributed by atoms with E-state index in [2.05, 4.69) is 4.72 Å². The molecule has 0 saturated heterocycles. The Bertz CT molecular complexity index is 468. The molecule has 0 aromatic carbocycles. The second-order valence-corrected chi connectivity index (χ2v) is 8.09. The number of halogens is 1. The minimum Gasteiger partial charge on any atom is -0.206 e. The van der Waals surface area contributed by atoms with Gasteiger partial charge in [0.05, 0.1) is 0 Å². The molecule has 104 valence electrons. The smallest absolute Gasteiger partial charge is 0.206 e. The Balaban J connectivity index is 2.80. The van der Waals surface area contributed by atoms with Gasteiger partial charge in [0.25, 0.3) is 0 Å². The first-order chi connectivity index (χ1) is 8.39. The molecule has 1 N–H and O–H groups in total. The molecule has 0 amide bonds. The van der Waals surface area contributed by atoms with Crippen LogP contribution in [0.2, 0.25) is 0 Å². The monoisotopic (exact) mass is 309 g/mol. The summed E-state index contributed by atoms with van der Waals surface area (Å²) in [7, 11) is -3.42. The molecular weight excluding hydrogens is 290 g/mol. The number of alkyl halides is 1. The van der Waals surface area contributed by atoms with E-state index in [0.29, 0.717) is 16.0 Å². The van der Waals surface area contributed by atoms with Crippen LogP contribution in [-0.4, -0.2) is 20.3 Å². The average Bonchev–Trinajstić information content (AvgIpc) is 2.76. The SMILES string of the molecule is CCc1ccc(S(=O)(=O)NC(CCl)CC(C)C)s1. The van der Waals surface area contributed by atoms with Gasteiger partial charge in [0.15, 0.2) is 0 Å². The fourth-order valence-electron chi connectivity index (χ4n) is 1.68. The molecular formula is C12H20ClNO2S2. The summed E-state index contributed by atoms with van der Waals surface area (Å²) in [4.78, 5) is 1.07. The van der Waals surface area contributed by atoms with Crippen molar-refractivity contribution in [1.82, 2.24) is 4.72 Å². The zero-order valence-corrected chi connectivity index (χ0v) is 13.3. The Morgan fingerprint density at radius 1 is 1.39 bits per heavy atom. The van der Waals surface area contributed by atoms with Crippen molar-refractivity contribution in [1.29, 1.82) is 0 Å². The van der Waals surface area contributed by atoms with Gasteiger partial charge in [0, 0.05) is 16.8 Å². The Kier molecular flexibility index (Phi) is 6.11. The van der Waals surface area contributed by atoms with Crippen LogP contribution in [0.25, 0.3) is 0 Å². The summed E-state index contributed by atoms with van der Waals surface area (Å²) >= 11 is 7.13. The molecule has 1 atom stereocenters. The Hall–Kier alpha value is -0.100. The van der Waals surface area contributed by atoms with Crippen LogP contribution in [0, 0.1) is 5.92 Å². The maximum atomic E-state index is 12.2. The molecule has 0 fully saturated rings. The number of nitrogens with one attached hydrogen (secondary N) is 1. The molecule has 1 rings (SSSR count). The van der Waals surface area contributed by atoms with E-state index in [0.717, 1.165) is 17.7 Å². The molecule has 1 aromatic heterocycles. The molecule has 0 aliphatic carbocycles. The van der Waals surface area contributed by atoms with E-state index in [-0.39, 0.29) is 6.04 Å². The van der Waals surface area contributed by atoms with Gasteiger partial charge in [-0.3, -0.25) is 0 Å². The molecule has 0 aliphatic heterocycles. The van der Waals surface area contributed by atoms with E-state index in [4.69, 9.17) is 11.6 Å². The highest BCUT2D eigenvalue weighted by Crippen LogP contribution is 2.22. The molecule has 0 aliphatic rings. The van der Waals surface area contributed by atoms with Crippen LogP contribution in [0.4, 0.5) is 0 Å². The van der Waals surface area contributed by atoms with Gasteiger partial charge in [-0.2, -0.15) is 0 Å². The third-order valence-electron chi connectivity index (χ3n) is 2.51. The predicted octanol–water partition coefficient (Wildman–Crippen LogP) is 3.24. The second-order valence-electron chi connectivity index (χ2n) is 4.68. The normalized spacial score (nSPS) is 14.1. The van der Waals surface area contributed by atoms with Crippen molar-refractivity contribution in [2.75, 3.05) is 5.88 Å². The minimum absolute atomic E-state index is 0.205. The third kappa shape index (κ3) is 4.53. The fourth-order valence-corrected chi connectivity index (χ4v) is 4.54. The first-order valence-electron chi connectivity index (χ1n) is 6.06. The van der Waals surface area contributed by atoms with Crippen LogP contribution in [0.5, 0.6) is 0 Å². The van der Waals surface area contributed by atoms with E-state index in [9.17, 15) is 8.42 Å². The number of thiophene rings is 1. The second kappa shape index (κ2) is 6.89. The molecule has 1 aromatic rings. The summed E-state index contributed by atoms with van der Waals surface area (Å²) in [5.74, 6) is 0.703. The molecule has 1 heterocycles. The summed E-state index contributed by atoms with van der Waals surface area (Å²) in [5.41, 5.74) is 0. The summed E-state index contributed by atoms with van der Waals surface area (Å²) in [6, 6.07) is 3.31. The number of hydrogen-bond donors (Lipinski definition) is 1. The molecule has 3 nitrogen and oxygen atoms in total.